The molecule has 0 atom stereocenters. The molecule has 4 aromatic rings. The van der Waals surface area contributed by atoms with E-state index in [1.165, 1.54) is 37.6 Å². The summed E-state index contributed by atoms with van der Waals surface area (Å²) in [4.78, 5) is 20.3. The number of rotatable bonds is 6. The normalized spacial score (nSPS) is 11.4. The molecule has 0 bridgehead atoms. The SMILES string of the molecule is COC(=O)c1cccc(Cn2nc(-c3ncc(-c4ccc(OC(F)(F)F)cc4)o3)nc2C)c1. The van der Waals surface area contributed by atoms with Gasteiger partial charge in [-0.15, -0.1) is 18.3 Å². The van der Waals surface area contributed by atoms with Crippen molar-refractivity contribution in [1.29, 1.82) is 0 Å². The van der Waals surface area contributed by atoms with Crippen LogP contribution < -0.4 is 4.74 Å². The minimum Gasteiger partial charge on any atom is -0.465 e. The Kier molecular flexibility index (Phi) is 5.86. The van der Waals surface area contributed by atoms with E-state index in [9.17, 15) is 18.0 Å². The number of nitrogens with zero attached hydrogens (tertiary/aromatic N) is 4. The summed E-state index contributed by atoms with van der Waals surface area (Å²) in [7, 11) is 1.32. The fourth-order valence-corrected chi connectivity index (χ4v) is 3.08. The van der Waals surface area contributed by atoms with Crippen LogP contribution in [0.3, 0.4) is 0 Å². The molecule has 0 aliphatic carbocycles. The molecule has 0 N–H and O–H groups in total. The number of hydrogen-bond donors (Lipinski definition) is 0. The summed E-state index contributed by atoms with van der Waals surface area (Å²) in [5.41, 5.74) is 1.77. The Morgan fingerprint density at radius 1 is 1.15 bits per heavy atom. The van der Waals surface area contributed by atoms with E-state index in [1.807, 2.05) is 6.07 Å². The Labute approximate surface area is 185 Å². The van der Waals surface area contributed by atoms with Crippen molar-refractivity contribution in [1.82, 2.24) is 19.7 Å². The van der Waals surface area contributed by atoms with Crippen LogP contribution in [0.2, 0.25) is 0 Å². The maximum Gasteiger partial charge on any atom is 0.573 e. The van der Waals surface area contributed by atoms with E-state index in [0.29, 0.717) is 29.3 Å². The van der Waals surface area contributed by atoms with Crippen LogP contribution in [-0.4, -0.2) is 39.2 Å². The van der Waals surface area contributed by atoms with E-state index in [-0.39, 0.29) is 17.5 Å². The molecule has 0 spiro atoms. The molecule has 11 heteroatoms. The summed E-state index contributed by atoms with van der Waals surface area (Å²) in [5, 5.41) is 4.42. The van der Waals surface area contributed by atoms with Crippen LogP contribution >= 0.6 is 0 Å². The number of carbonyl (C=O) groups is 1. The summed E-state index contributed by atoms with van der Waals surface area (Å²) >= 11 is 0. The third kappa shape index (κ3) is 5.20. The lowest BCUT2D eigenvalue weighted by Gasteiger charge is -2.08. The van der Waals surface area contributed by atoms with Gasteiger partial charge in [0.2, 0.25) is 5.82 Å². The van der Waals surface area contributed by atoms with Crippen molar-refractivity contribution in [3.05, 3.63) is 71.7 Å². The molecule has 8 nitrogen and oxygen atoms in total. The standard InChI is InChI=1S/C22H17F3N4O4/c1-13-27-19(28-29(13)12-14-4-3-5-16(10-14)21(30)31-2)20-26-11-18(32-20)15-6-8-17(9-7-15)33-22(23,24)25/h3-11H,12H2,1-2H3. The number of halogens is 3. The number of alkyl halides is 3. The van der Waals surface area contributed by atoms with Gasteiger partial charge in [-0.2, -0.15) is 0 Å². The highest BCUT2D eigenvalue weighted by Gasteiger charge is 2.31. The highest BCUT2D eigenvalue weighted by atomic mass is 19.4. The number of oxazole rings is 1. The molecule has 0 radical (unpaired) electrons. The molecule has 33 heavy (non-hydrogen) atoms. The molecular weight excluding hydrogens is 441 g/mol. The van der Waals surface area contributed by atoms with Crippen LogP contribution in [0.1, 0.15) is 21.7 Å². The van der Waals surface area contributed by atoms with Gasteiger partial charge in [0.1, 0.15) is 11.6 Å². The van der Waals surface area contributed by atoms with Crippen LogP contribution in [0.4, 0.5) is 13.2 Å². The van der Waals surface area contributed by atoms with Gasteiger partial charge in [-0.1, -0.05) is 12.1 Å². The molecule has 2 aromatic heterocycles. The number of ether oxygens (including phenoxy) is 2. The van der Waals surface area contributed by atoms with Crippen molar-refractivity contribution in [2.75, 3.05) is 7.11 Å². The maximum atomic E-state index is 12.3. The molecule has 2 heterocycles. The number of aromatic nitrogens is 4. The van der Waals surface area contributed by atoms with Gasteiger partial charge in [0.25, 0.3) is 5.89 Å². The van der Waals surface area contributed by atoms with Crippen molar-refractivity contribution in [2.24, 2.45) is 0 Å². The van der Waals surface area contributed by atoms with Gasteiger partial charge in [-0.3, -0.25) is 0 Å². The number of hydrogen-bond acceptors (Lipinski definition) is 7. The molecule has 0 aliphatic rings. The Morgan fingerprint density at radius 3 is 2.61 bits per heavy atom. The minimum atomic E-state index is -4.76. The summed E-state index contributed by atoms with van der Waals surface area (Å²) < 4.78 is 52.9. The second kappa shape index (κ2) is 8.77. The summed E-state index contributed by atoms with van der Waals surface area (Å²) in [6.07, 6.45) is -3.32. The molecule has 2 aromatic carbocycles. The fourth-order valence-electron chi connectivity index (χ4n) is 3.08. The predicted octanol–water partition coefficient (Wildman–Crippen LogP) is 4.64. The minimum absolute atomic E-state index is 0.158. The van der Waals surface area contributed by atoms with Crippen LogP contribution in [0.15, 0.2) is 59.1 Å². The van der Waals surface area contributed by atoms with Gasteiger partial charge < -0.3 is 13.9 Å². The van der Waals surface area contributed by atoms with Crippen LogP contribution in [0, 0.1) is 6.92 Å². The molecular formula is C22H17F3N4O4. The van der Waals surface area contributed by atoms with Crippen molar-refractivity contribution >= 4 is 5.97 Å². The maximum absolute atomic E-state index is 12.3. The lowest BCUT2D eigenvalue weighted by Crippen LogP contribution is -2.16. The second-order valence-corrected chi connectivity index (χ2v) is 6.93. The van der Waals surface area contributed by atoms with Crippen LogP contribution in [0.5, 0.6) is 5.75 Å². The van der Waals surface area contributed by atoms with Crippen LogP contribution in [-0.2, 0) is 11.3 Å². The van der Waals surface area contributed by atoms with Crippen LogP contribution in [0.25, 0.3) is 23.0 Å². The van der Waals surface area contributed by atoms with E-state index < -0.39 is 12.3 Å². The first-order valence-electron chi connectivity index (χ1n) is 9.63. The highest BCUT2D eigenvalue weighted by Crippen LogP contribution is 2.28. The zero-order chi connectivity index (χ0) is 23.6. The highest BCUT2D eigenvalue weighted by molar-refractivity contribution is 5.89. The topological polar surface area (TPSA) is 92.3 Å². The summed E-state index contributed by atoms with van der Waals surface area (Å²) in [5.74, 6) is 0.576. The molecule has 0 fully saturated rings. The Bertz CT molecular complexity index is 1280. The molecule has 0 unspecified atom stereocenters. The monoisotopic (exact) mass is 458 g/mol. The number of carbonyl (C=O) groups excluding carboxylic acids is 1. The third-order valence-electron chi connectivity index (χ3n) is 4.61. The Morgan fingerprint density at radius 2 is 1.91 bits per heavy atom. The van der Waals surface area contributed by atoms with Gasteiger partial charge in [0, 0.05) is 5.56 Å². The van der Waals surface area contributed by atoms with Gasteiger partial charge in [0.05, 0.1) is 25.4 Å². The summed E-state index contributed by atoms with van der Waals surface area (Å²) in [6, 6.07) is 12.2. The smallest absolute Gasteiger partial charge is 0.465 e. The largest absolute Gasteiger partial charge is 0.573 e. The zero-order valence-electron chi connectivity index (χ0n) is 17.5. The number of esters is 1. The predicted molar refractivity (Wildman–Crippen MR) is 109 cm³/mol. The molecule has 0 saturated heterocycles. The summed E-state index contributed by atoms with van der Waals surface area (Å²) in [6.45, 7) is 2.13. The molecule has 0 aliphatic heterocycles. The molecule has 170 valence electrons. The van der Waals surface area contributed by atoms with Gasteiger partial charge >= 0.3 is 12.3 Å². The average molecular weight is 458 g/mol. The number of aryl methyl sites for hydroxylation is 1. The first-order valence-corrected chi connectivity index (χ1v) is 9.63. The number of methoxy groups -OCH3 is 1. The van der Waals surface area contributed by atoms with Gasteiger partial charge in [0.15, 0.2) is 5.76 Å². The first kappa shape index (κ1) is 22.1. The average Bonchev–Trinajstić information content (AvgIpc) is 3.40. The van der Waals surface area contributed by atoms with E-state index in [4.69, 9.17) is 9.15 Å². The van der Waals surface area contributed by atoms with Crippen molar-refractivity contribution in [3.8, 4) is 28.8 Å². The first-order chi connectivity index (χ1) is 15.7. The zero-order valence-corrected chi connectivity index (χ0v) is 17.5. The molecule has 0 amide bonds. The van der Waals surface area contributed by atoms with E-state index in [2.05, 4.69) is 19.8 Å². The second-order valence-electron chi connectivity index (χ2n) is 6.93. The third-order valence-corrected chi connectivity index (χ3v) is 4.61. The Balaban J connectivity index is 1.52. The molecule has 0 saturated carbocycles. The fraction of sp³-hybridized carbons (Fsp3) is 0.182. The van der Waals surface area contributed by atoms with Crippen molar-refractivity contribution in [3.63, 3.8) is 0 Å². The van der Waals surface area contributed by atoms with Crippen molar-refractivity contribution < 1.29 is 31.9 Å². The Hall–Kier alpha value is -4.15. The van der Waals surface area contributed by atoms with Crippen molar-refractivity contribution in [2.45, 2.75) is 19.8 Å². The molecule has 4 rings (SSSR count). The lowest BCUT2D eigenvalue weighted by molar-refractivity contribution is -0.274. The van der Waals surface area contributed by atoms with E-state index in [0.717, 1.165) is 5.56 Å². The van der Waals surface area contributed by atoms with E-state index in [1.54, 1.807) is 29.8 Å². The lowest BCUT2D eigenvalue weighted by atomic mass is 10.1. The van der Waals surface area contributed by atoms with E-state index >= 15 is 0 Å². The van der Waals surface area contributed by atoms with Gasteiger partial charge in [-0.25, -0.2) is 19.4 Å². The van der Waals surface area contributed by atoms with Gasteiger partial charge in [-0.05, 0) is 48.9 Å². The number of benzene rings is 2. The quantitative estimate of drug-likeness (QED) is 0.389.